The Morgan fingerprint density at radius 2 is 1.58 bits per heavy atom. The minimum absolute atomic E-state index is 0.169. The van der Waals surface area contributed by atoms with Gasteiger partial charge in [-0.15, -0.1) is 0 Å². The maximum atomic E-state index is 12.2. The number of hydrogen-bond acceptors (Lipinski definition) is 5. The molecular weight excluding hydrogens is 448 g/mol. The predicted octanol–water partition coefficient (Wildman–Crippen LogP) is 4.43. The van der Waals surface area contributed by atoms with Gasteiger partial charge >= 0.3 is 0 Å². The van der Waals surface area contributed by atoms with Crippen molar-refractivity contribution >= 4 is 17.3 Å². The lowest BCUT2D eigenvalue weighted by Gasteiger charge is -2.28. The van der Waals surface area contributed by atoms with Gasteiger partial charge in [0.25, 0.3) is 0 Å². The average molecular weight is 485 g/mol. The molecule has 1 amide bonds. The number of amides is 1. The SMILES string of the molecule is COc1cccc(CN(Cc2ccc(N3CCCC3)cc2)c2ccc(CN3CCNCC3=O)cc2)c1. The van der Waals surface area contributed by atoms with Crippen LogP contribution in [0.5, 0.6) is 5.75 Å². The highest BCUT2D eigenvalue weighted by atomic mass is 16.5. The number of nitrogens with zero attached hydrogens (tertiary/aromatic N) is 3. The van der Waals surface area contributed by atoms with Crippen LogP contribution < -0.4 is 19.9 Å². The Morgan fingerprint density at radius 3 is 2.31 bits per heavy atom. The molecule has 2 saturated heterocycles. The molecule has 2 fully saturated rings. The van der Waals surface area contributed by atoms with E-state index < -0.39 is 0 Å². The molecule has 0 bridgehead atoms. The summed E-state index contributed by atoms with van der Waals surface area (Å²) in [5.41, 5.74) is 6.14. The minimum atomic E-state index is 0.169. The molecule has 6 heteroatoms. The van der Waals surface area contributed by atoms with Crippen molar-refractivity contribution in [1.29, 1.82) is 0 Å². The fourth-order valence-corrected chi connectivity index (χ4v) is 5.08. The highest BCUT2D eigenvalue weighted by molar-refractivity contribution is 5.79. The fourth-order valence-electron chi connectivity index (χ4n) is 5.08. The summed E-state index contributed by atoms with van der Waals surface area (Å²) in [6.07, 6.45) is 2.57. The first-order chi connectivity index (χ1) is 17.7. The zero-order chi connectivity index (χ0) is 24.7. The smallest absolute Gasteiger partial charge is 0.236 e. The Hall–Kier alpha value is -3.51. The van der Waals surface area contributed by atoms with Gasteiger partial charge in [-0.3, -0.25) is 4.79 Å². The number of nitrogens with one attached hydrogen (secondary N) is 1. The minimum Gasteiger partial charge on any atom is -0.497 e. The molecule has 0 spiro atoms. The molecule has 5 rings (SSSR count). The van der Waals surface area contributed by atoms with Gasteiger partial charge in [-0.25, -0.2) is 0 Å². The van der Waals surface area contributed by atoms with Crippen molar-refractivity contribution in [2.45, 2.75) is 32.5 Å². The van der Waals surface area contributed by atoms with Gasteiger partial charge in [0.1, 0.15) is 5.75 Å². The third-order valence-electron chi connectivity index (χ3n) is 7.15. The number of hydrogen-bond donors (Lipinski definition) is 1. The molecule has 0 saturated carbocycles. The molecule has 6 nitrogen and oxygen atoms in total. The van der Waals surface area contributed by atoms with Gasteiger partial charge in [0.2, 0.25) is 5.91 Å². The highest BCUT2D eigenvalue weighted by Crippen LogP contribution is 2.25. The van der Waals surface area contributed by atoms with Crippen LogP contribution in [-0.4, -0.2) is 50.6 Å². The average Bonchev–Trinajstić information content (AvgIpc) is 3.46. The first-order valence-electron chi connectivity index (χ1n) is 13.0. The number of carbonyl (C=O) groups excluding carboxylic acids is 1. The quantitative estimate of drug-likeness (QED) is 0.487. The van der Waals surface area contributed by atoms with Gasteiger partial charge in [0, 0.05) is 57.2 Å². The van der Waals surface area contributed by atoms with Crippen molar-refractivity contribution < 1.29 is 9.53 Å². The summed E-state index contributed by atoms with van der Waals surface area (Å²) in [5, 5.41) is 3.14. The number of ether oxygens (including phenoxy) is 1. The van der Waals surface area contributed by atoms with Gasteiger partial charge < -0.3 is 24.8 Å². The Morgan fingerprint density at radius 1 is 0.861 bits per heavy atom. The summed E-state index contributed by atoms with van der Waals surface area (Å²) in [5.74, 6) is 1.04. The fraction of sp³-hybridized carbons (Fsp3) is 0.367. The number of rotatable bonds is 9. The van der Waals surface area contributed by atoms with Gasteiger partial charge in [0.05, 0.1) is 13.7 Å². The third-order valence-corrected chi connectivity index (χ3v) is 7.15. The zero-order valence-corrected chi connectivity index (χ0v) is 21.2. The summed E-state index contributed by atoms with van der Waals surface area (Å²) in [6, 6.07) is 26.0. The molecule has 0 radical (unpaired) electrons. The van der Waals surface area contributed by atoms with E-state index in [1.54, 1.807) is 7.11 Å². The van der Waals surface area contributed by atoms with E-state index in [4.69, 9.17) is 4.74 Å². The molecule has 2 heterocycles. The molecule has 2 aliphatic heterocycles. The number of anilines is 2. The van der Waals surface area contributed by atoms with E-state index in [1.807, 2.05) is 17.0 Å². The van der Waals surface area contributed by atoms with Crippen molar-refractivity contribution in [2.75, 3.05) is 49.6 Å². The van der Waals surface area contributed by atoms with E-state index in [1.165, 1.54) is 29.7 Å². The Bertz CT molecular complexity index is 1140. The van der Waals surface area contributed by atoms with Crippen LogP contribution in [-0.2, 0) is 24.4 Å². The van der Waals surface area contributed by atoms with Crippen molar-refractivity contribution in [3.8, 4) is 5.75 Å². The van der Waals surface area contributed by atoms with Crippen LogP contribution in [0.3, 0.4) is 0 Å². The summed E-state index contributed by atoms with van der Waals surface area (Å²) in [4.78, 5) is 19.0. The van der Waals surface area contributed by atoms with Crippen molar-refractivity contribution in [1.82, 2.24) is 10.2 Å². The van der Waals surface area contributed by atoms with E-state index >= 15 is 0 Å². The van der Waals surface area contributed by atoms with Crippen LogP contribution in [0.2, 0.25) is 0 Å². The number of carbonyl (C=O) groups is 1. The third kappa shape index (κ3) is 6.00. The van der Waals surface area contributed by atoms with E-state index in [-0.39, 0.29) is 5.91 Å². The van der Waals surface area contributed by atoms with Gasteiger partial charge in [-0.05, 0) is 65.9 Å². The van der Waals surface area contributed by atoms with Crippen LogP contribution in [0.15, 0.2) is 72.8 Å². The number of piperazine rings is 1. The summed E-state index contributed by atoms with van der Waals surface area (Å²) in [6.45, 7) is 6.62. The van der Waals surface area contributed by atoms with E-state index in [0.29, 0.717) is 13.1 Å². The zero-order valence-electron chi connectivity index (χ0n) is 21.2. The van der Waals surface area contributed by atoms with E-state index in [2.05, 4.69) is 75.8 Å². The van der Waals surface area contributed by atoms with Gasteiger partial charge in [-0.1, -0.05) is 36.4 Å². The Labute approximate surface area is 214 Å². The van der Waals surface area contributed by atoms with Crippen LogP contribution in [0, 0.1) is 0 Å². The normalized spacial score (nSPS) is 15.9. The second-order valence-electron chi connectivity index (χ2n) is 9.73. The molecule has 3 aromatic rings. The monoisotopic (exact) mass is 484 g/mol. The topological polar surface area (TPSA) is 48.1 Å². The Balaban J connectivity index is 1.34. The molecule has 0 aromatic heterocycles. The molecule has 3 aromatic carbocycles. The van der Waals surface area contributed by atoms with E-state index in [9.17, 15) is 4.79 Å². The highest BCUT2D eigenvalue weighted by Gasteiger charge is 2.18. The molecule has 2 aliphatic rings. The van der Waals surface area contributed by atoms with Crippen molar-refractivity contribution in [3.05, 3.63) is 89.5 Å². The van der Waals surface area contributed by atoms with E-state index in [0.717, 1.165) is 56.3 Å². The Kier molecular flexibility index (Phi) is 7.72. The van der Waals surface area contributed by atoms with Crippen LogP contribution in [0.25, 0.3) is 0 Å². The van der Waals surface area contributed by atoms with Gasteiger partial charge in [-0.2, -0.15) is 0 Å². The summed E-state index contributed by atoms with van der Waals surface area (Å²) < 4.78 is 5.46. The number of methoxy groups -OCH3 is 1. The lowest BCUT2D eigenvalue weighted by atomic mass is 10.1. The lowest BCUT2D eigenvalue weighted by molar-refractivity contribution is -0.132. The molecule has 36 heavy (non-hydrogen) atoms. The molecule has 0 aliphatic carbocycles. The van der Waals surface area contributed by atoms with Crippen molar-refractivity contribution in [3.63, 3.8) is 0 Å². The molecule has 0 unspecified atom stereocenters. The molecule has 0 atom stereocenters. The molecular formula is C30H36N4O2. The standard InChI is InChI=1S/C30H36N4O2/c1-36-29-6-4-5-26(19-29)23-34(22-25-7-11-27(12-8-25)32-16-2-3-17-32)28-13-9-24(10-14-28)21-33-18-15-31-20-30(33)35/h4-14,19,31H,2-3,15-18,20-23H2,1H3. The first-order valence-corrected chi connectivity index (χ1v) is 13.0. The lowest BCUT2D eigenvalue weighted by Crippen LogP contribution is -2.47. The van der Waals surface area contributed by atoms with Gasteiger partial charge in [0.15, 0.2) is 0 Å². The summed E-state index contributed by atoms with van der Waals surface area (Å²) >= 11 is 0. The molecule has 188 valence electrons. The van der Waals surface area contributed by atoms with Crippen LogP contribution in [0.4, 0.5) is 11.4 Å². The maximum absolute atomic E-state index is 12.2. The van der Waals surface area contributed by atoms with Crippen LogP contribution >= 0.6 is 0 Å². The van der Waals surface area contributed by atoms with Crippen LogP contribution in [0.1, 0.15) is 29.5 Å². The molecule has 1 N–H and O–H groups in total. The largest absolute Gasteiger partial charge is 0.497 e. The maximum Gasteiger partial charge on any atom is 0.236 e. The first kappa shape index (κ1) is 24.2. The summed E-state index contributed by atoms with van der Waals surface area (Å²) in [7, 11) is 1.71. The predicted molar refractivity (Wildman–Crippen MR) is 145 cm³/mol. The second-order valence-corrected chi connectivity index (χ2v) is 9.73. The second kappa shape index (κ2) is 11.5. The number of benzene rings is 3. The van der Waals surface area contributed by atoms with Crippen molar-refractivity contribution in [2.24, 2.45) is 0 Å².